The summed E-state index contributed by atoms with van der Waals surface area (Å²) in [5.41, 5.74) is 3.81. The van der Waals surface area contributed by atoms with Gasteiger partial charge < -0.3 is 20.5 Å². The van der Waals surface area contributed by atoms with Crippen LogP contribution in [-0.4, -0.2) is 42.3 Å². The summed E-state index contributed by atoms with van der Waals surface area (Å²) in [7, 11) is 0. The molecule has 0 aromatic heterocycles. The fourth-order valence-electron chi connectivity index (χ4n) is 5.34. The van der Waals surface area contributed by atoms with Gasteiger partial charge in [-0.1, -0.05) is 61.4 Å². The van der Waals surface area contributed by atoms with Crippen molar-refractivity contribution in [3.05, 3.63) is 59.7 Å². The summed E-state index contributed by atoms with van der Waals surface area (Å²) in [4.78, 5) is 36.3. The maximum atomic E-state index is 12.4. The zero-order chi connectivity index (χ0) is 24.8. The van der Waals surface area contributed by atoms with Crippen LogP contribution in [0.3, 0.4) is 0 Å². The van der Waals surface area contributed by atoms with Crippen molar-refractivity contribution in [2.45, 2.75) is 63.8 Å². The summed E-state index contributed by atoms with van der Waals surface area (Å²) in [6.45, 7) is 2.41. The summed E-state index contributed by atoms with van der Waals surface area (Å²) in [6.07, 6.45) is 4.16. The van der Waals surface area contributed by atoms with E-state index < -0.39 is 17.5 Å². The number of aliphatic carboxylic acids is 1. The van der Waals surface area contributed by atoms with Gasteiger partial charge in [-0.15, -0.1) is 0 Å². The largest absolute Gasteiger partial charge is 0.481 e. The Hall–Kier alpha value is -3.35. The minimum Gasteiger partial charge on any atom is -0.481 e. The molecule has 0 spiro atoms. The highest BCUT2D eigenvalue weighted by Crippen LogP contribution is 2.44. The number of carbonyl (C=O) groups excluding carboxylic acids is 2. The molecule has 35 heavy (non-hydrogen) atoms. The lowest BCUT2D eigenvalue weighted by atomic mass is 9.71. The predicted molar refractivity (Wildman–Crippen MR) is 133 cm³/mol. The molecule has 3 N–H and O–H groups in total. The number of ether oxygens (including phenoxy) is 1. The maximum absolute atomic E-state index is 12.4. The molecule has 2 aromatic rings. The molecule has 2 atom stereocenters. The molecule has 186 valence electrons. The molecule has 2 unspecified atom stereocenters. The first-order valence-electron chi connectivity index (χ1n) is 12.5. The van der Waals surface area contributed by atoms with E-state index >= 15 is 0 Å². The number of amides is 2. The van der Waals surface area contributed by atoms with E-state index in [1.54, 1.807) is 6.92 Å². The number of hydrogen-bond donors (Lipinski definition) is 3. The third-order valence-electron chi connectivity index (χ3n) is 7.48. The summed E-state index contributed by atoms with van der Waals surface area (Å²) in [6, 6.07) is 16.1. The van der Waals surface area contributed by atoms with Gasteiger partial charge in [-0.05, 0) is 54.9 Å². The van der Waals surface area contributed by atoms with Crippen molar-refractivity contribution < 1.29 is 24.2 Å². The molecular weight excluding hydrogens is 444 g/mol. The second kappa shape index (κ2) is 10.9. The molecule has 0 bridgehead atoms. The maximum Gasteiger partial charge on any atom is 0.407 e. The molecule has 0 saturated heterocycles. The summed E-state index contributed by atoms with van der Waals surface area (Å²) in [5.74, 6) is -0.964. The number of carboxylic acid groups (broad SMARTS) is 1. The molecule has 7 nitrogen and oxygen atoms in total. The van der Waals surface area contributed by atoms with E-state index in [-0.39, 0.29) is 24.5 Å². The minimum atomic E-state index is -0.903. The average Bonchev–Trinajstić information content (AvgIpc) is 3.17. The van der Waals surface area contributed by atoms with Crippen molar-refractivity contribution in [1.82, 2.24) is 10.6 Å². The van der Waals surface area contributed by atoms with Crippen molar-refractivity contribution in [2.75, 3.05) is 13.2 Å². The van der Waals surface area contributed by atoms with Crippen LogP contribution in [0.5, 0.6) is 0 Å². The normalized spacial score (nSPS) is 21.0. The van der Waals surface area contributed by atoms with Crippen LogP contribution in [-0.2, 0) is 14.3 Å². The molecule has 2 amide bonds. The van der Waals surface area contributed by atoms with Crippen LogP contribution in [0.25, 0.3) is 11.1 Å². The first kappa shape index (κ1) is 24.8. The summed E-state index contributed by atoms with van der Waals surface area (Å²) in [5, 5.41) is 15.3. The Morgan fingerprint density at radius 2 is 1.66 bits per heavy atom. The zero-order valence-electron chi connectivity index (χ0n) is 20.2. The van der Waals surface area contributed by atoms with E-state index in [0.29, 0.717) is 38.6 Å². The van der Waals surface area contributed by atoms with E-state index in [1.165, 1.54) is 22.3 Å². The lowest BCUT2D eigenvalue weighted by Gasteiger charge is -2.38. The number of benzene rings is 2. The highest BCUT2D eigenvalue weighted by molar-refractivity contribution is 5.80. The summed E-state index contributed by atoms with van der Waals surface area (Å²) >= 11 is 0. The second-order valence-electron chi connectivity index (χ2n) is 9.80. The van der Waals surface area contributed by atoms with Gasteiger partial charge in [0.25, 0.3) is 0 Å². The smallest absolute Gasteiger partial charge is 0.407 e. The van der Waals surface area contributed by atoms with Crippen molar-refractivity contribution >= 4 is 18.0 Å². The molecule has 0 radical (unpaired) electrons. The van der Waals surface area contributed by atoms with Crippen LogP contribution in [0, 0.1) is 5.41 Å². The lowest BCUT2D eigenvalue weighted by Crippen LogP contribution is -2.52. The van der Waals surface area contributed by atoms with E-state index in [0.717, 1.165) is 12.8 Å². The standard InChI is InChI=1S/C28H34N2O5/c1-28(26(32)33)16-8-6-14-24(28)30-25(31)15-7-9-17-29-27(34)35-18-23-21-12-4-2-10-19(21)20-11-3-5-13-22(20)23/h2-5,10-13,23-24H,6-9,14-18H2,1H3,(H,29,34)(H,30,31)(H,32,33). The van der Waals surface area contributed by atoms with Gasteiger partial charge in [0.2, 0.25) is 5.91 Å². The van der Waals surface area contributed by atoms with Gasteiger partial charge in [0, 0.05) is 24.9 Å². The molecule has 2 aromatic carbocycles. The Bertz CT molecular complexity index is 1040. The van der Waals surface area contributed by atoms with Gasteiger partial charge in [-0.2, -0.15) is 0 Å². The number of carbonyl (C=O) groups is 3. The fraction of sp³-hybridized carbons (Fsp3) is 0.464. The molecule has 2 aliphatic carbocycles. The number of alkyl carbamates (subject to hydrolysis) is 1. The van der Waals surface area contributed by atoms with Crippen LogP contribution >= 0.6 is 0 Å². The molecule has 2 aliphatic rings. The first-order valence-corrected chi connectivity index (χ1v) is 12.5. The zero-order valence-corrected chi connectivity index (χ0v) is 20.2. The third kappa shape index (κ3) is 5.50. The fourth-order valence-corrected chi connectivity index (χ4v) is 5.34. The van der Waals surface area contributed by atoms with Gasteiger partial charge in [0.1, 0.15) is 6.61 Å². The Labute approximate surface area is 206 Å². The predicted octanol–water partition coefficient (Wildman–Crippen LogP) is 4.85. The third-order valence-corrected chi connectivity index (χ3v) is 7.48. The highest BCUT2D eigenvalue weighted by atomic mass is 16.5. The molecule has 1 saturated carbocycles. The number of carboxylic acids is 1. The van der Waals surface area contributed by atoms with Gasteiger partial charge in [-0.25, -0.2) is 4.79 Å². The number of hydrogen-bond acceptors (Lipinski definition) is 4. The van der Waals surface area contributed by atoms with Crippen molar-refractivity contribution in [3.63, 3.8) is 0 Å². The van der Waals surface area contributed by atoms with E-state index in [4.69, 9.17) is 4.74 Å². The number of fused-ring (bicyclic) bond motifs is 3. The van der Waals surface area contributed by atoms with Crippen LogP contribution in [0.1, 0.15) is 68.9 Å². The topological polar surface area (TPSA) is 105 Å². The van der Waals surface area contributed by atoms with E-state index in [1.807, 2.05) is 24.3 Å². The van der Waals surface area contributed by atoms with Crippen LogP contribution in [0.2, 0.25) is 0 Å². The molecule has 1 fully saturated rings. The Morgan fingerprint density at radius 3 is 2.31 bits per heavy atom. The molecule has 7 heteroatoms. The lowest BCUT2D eigenvalue weighted by molar-refractivity contribution is -0.152. The second-order valence-corrected chi connectivity index (χ2v) is 9.80. The van der Waals surface area contributed by atoms with Gasteiger partial charge in [-0.3, -0.25) is 9.59 Å². The van der Waals surface area contributed by atoms with Crippen LogP contribution in [0.15, 0.2) is 48.5 Å². The molecular formula is C28H34N2O5. The van der Waals surface area contributed by atoms with Gasteiger partial charge in [0.15, 0.2) is 0 Å². The molecule has 0 aliphatic heterocycles. The van der Waals surface area contributed by atoms with Crippen molar-refractivity contribution in [1.29, 1.82) is 0 Å². The number of rotatable bonds is 9. The SMILES string of the molecule is CC1(C(=O)O)CCCCC1NC(=O)CCCCNC(=O)OCC1c2ccccc2-c2ccccc21. The highest BCUT2D eigenvalue weighted by Gasteiger charge is 2.43. The molecule has 4 rings (SSSR count). The monoisotopic (exact) mass is 478 g/mol. The van der Waals surface area contributed by atoms with Crippen LogP contribution in [0.4, 0.5) is 4.79 Å². The summed E-state index contributed by atoms with van der Waals surface area (Å²) < 4.78 is 5.53. The number of nitrogens with one attached hydrogen (secondary N) is 2. The van der Waals surface area contributed by atoms with Crippen molar-refractivity contribution in [3.8, 4) is 11.1 Å². The Balaban J connectivity index is 1.16. The Kier molecular flexibility index (Phi) is 7.73. The van der Waals surface area contributed by atoms with Crippen molar-refractivity contribution in [2.24, 2.45) is 5.41 Å². The minimum absolute atomic E-state index is 0.0214. The van der Waals surface area contributed by atoms with Crippen LogP contribution < -0.4 is 10.6 Å². The quantitative estimate of drug-likeness (QED) is 0.447. The van der Waals surface area contributed by atoms with E-state index in [9.17, 15) is 19.5 Å². The first-order chi connectivity index (χ1) is 16.9. The Morgan fingerprint density at radius 1 is 1.00 bits per heavy atom. The number of unbranched alkanes of at least 4 members (excludes halogenated alkanes) is 1. The van der Waals surface area contributed by atoms with Gasteiger partial charge in [0.05, 0.1) is 5.41 Å². The van der Waals surface area contributed by atoms with E-state index in [2.05, 4.69) is 34.9 Å². The molecule has 0 heterocycles. The average molecular weight is 479 g/mol. The van der Waals surface area contributed by atoms with Gasteiger partial charge >= 0.3 is 12.1 Å².